The highest BCUT2D eigenvalue weighted by molar-refractivity contribution is 7.07. The van der Waals surface area contributed by atoms with Crippen molar-refractivity contribution in [3.63, 3.8) is 0 Å². The van der Waals surface area contributed by atoms with Gasteiger partial charge in [0.05, 0.1) is 18.0 Å². The van der Waals surface area contributed by atoms with Crippen LogP contribution >= 0.6 is 11.3 Å². The molecule has 1 aromatic heterocycles. The lowest BCUT2D eigenvalue weighted by Crippen LogP contribution is -2.16. The summed E-state index contributed by atoms with van der Waals surface area (Å²) in [6, 6.07) is 3.23. The maximum Gasteiger partial charge on any atom is 0.206 e. The highest BCUT2D eigenvalue weighted by Gasteiger charge is 2.28. The molecule has 0 aliphatic heterocycles. The Labute approximate surface area is 149 Å². The minimum atomic E-state index is -0.530. The van der Waals surface area contributed by atoms with Crippen LogP contribution < -0.4 is 4.80 Å². The maximum absolute atomic E-state index is 9.97. The Balaban J connectivity index is 1.71. The summed E-state index contributed by atoms with van der Waals surface area (Å²) in [4.78, 5) is 5.75. The van der Waals surface area contributed by atoms with Crippen LogP contribution in [0, 0.1) is 0 Å². The first kappa shape index (κ1) is 16.2. The van der Waals surface area contributed by atoms with Crippen molar-refractivity contribution in [1.29, 1.82) is 0 Å². The molecule has 0 saturated heterocycles. The summed E-state index contributed by atoms with van der Waals surface area (Å²) in [5.74, 6) is -0.726. The van der Waals surface area contributed by atoms with Crippen LogP contribution in [-0.2, 0) is 0 Å². The molecule has 2 aromatic rings. The van der Waals surface area contributed by atoms with Gasteiger partial charge in [-0.2, -0.15) is 5.10 Å². The number of nitrogens with zero attached hydrogens (tertiary/aromatic N) is 3. The second-order valence-corrected chi connectivity index (χ2v) is 7.55. The van der Waals surface area contributed by atoms with Gasteiger partial charge in [0.25, 0.3) is 0 Å². The number of aromatic hydroxyl groups is 3. The van der Waals surface area contributed by atoms with Crippen molar-refractivity contribution in [3.05, 3.63) is 33.6 Å². The lowest BCUT2D eigenvalue weighted by atomic mass is 10.2. The van der Waals surface area contributed by atoms with Crippen molar-refractivity contribution in [3.8, 4) is 17.2 Å². The molecule has 2 saturated carbocycles. The van der Waals surface area contributed by atoms with Crippen molar-refractivity contribution in [2.24, 2.45) is 10.1 Å². The highest BCUT2D eigenvalue weighted by Crippen LogP contribution is 2.40. The molecular formula is C18H21N3O3S. The molecule has 2 aliphatic rings. The van der Waals surface area contributed by atoms with E-state index in [1.54, 1.807) is 11.3 Å². The van der Waals surface area contributed by atoms with Gasteiger partial charge in [0.1, 0.15) is 0 Å². The molecule has 132 valence electrons. The predicted octanol–water partition coefficient (Wildman–Crippen LogP) is 3.27. The third-order valence-electron chi connectivity index (χ3n) is 4.80. The third kappa shape index (κ3) is 3.28. The molecule has 3 N–H and O–H groups in total. The molecule has 0 spiro atoms. The van der Waals surface area contributed by atoms with E-state index >= 15 is 0 Å². The number of hydrogen-bond donors (Lipinski definition) is 3. The number of hydrogen-bond acceptors (Lipinski definition) is 6. The predicted molar refractivity (Wildman–Crippen MR) is 96.5 cm³/mol. The summed E-state index contributed by atoms with van der Waals surface area (Å²) in [7, 11) is 0. The number of phenolic OH excluding ortho intramolecular Hbond substituents is 3. The van der Waals surface area contributed by atoms with Crippen LogP contribution in [0.25, 0.3) is 0 Å². The van der Waals surface area contributed by atoms with E-state index in [0.717, 1.165) is 23.3 Å². The number of benzene rings is 1. The number of thiazole rings is 1. The zero-order valence-corrected chi connectivity index (χ0v) is 14.6. The van der Waals surface area contributed by atoms with E-state index < -0.39 is 5.75 Å². The summed E-state index contributed by atoms with van der Waals surface area (Å²) in [6.07, 6.45) is 8.57. The fraction of sp³-hybridized carbons (Fsp3) is 0.444. The van der Waals surface area contributed by atoms with E-state index in [9.17, 15) is 15.3 Å². The van der Waals surface area contributed by atoms with Gasteiger partial charge in [-0.3, -0.25) is 4.99 Å². The topological polar surface area (TPSA) is 90.3 Å². The lowest BCUT2D eigenvalue weighted by Gasteiger charge is -2.05. The summed E-state index contributed by atoms with van der Waals surface area (Å²) < 4.78 is 1.87. The van der Waals surface area contributed by atoms with E-state index in [-0.39, 0.29) is 11.5 Å². The van der Waals surface area contributed by atoms with Gasteiger partial charge in [-0.15, -0.1) is 11.3 Å². The number of aromatic nitrogens is 1. The van der Waals surface area contributed by atoms with Crippen LogP contribution in [0.1, 0.15) is 55.7 Å². The van der Waals surface area contributed by atoms with Crippen molar-refractivity contribution in [2.75, 3.05) is 0 Å². The quantitative estimate of drug-likeness (QED) is 0.578. The monoisotopic (exact) mass is 359 g/mol. The number of phenols is 3. The molecule has 6 nitrogen and oxygen atoms in total. The molecule has 0 amide bonds. The van der Waals surface area contributed by atoms with Crippen LogP contribution in [0.3, 0.4) is 0 Å². The van der Waals surface area contributed by atoms with Crippen molar-refractivity contribution in [1.82, 2.24) is 4.68 Å². The first-order chi connectivity index (χ1) is 12.1. The van der Waals surface area contributed by atoms with E-state index in [4.69, 9.17) is 4.99 Å². The second kappa shape index (κ2) is 6.55. The van der Waals surface area contributed by atoms with Gasteiger partial charge in [0.15, 0.2) is 11.5 Å². The summed E-state index contributed by atoms with van der Waals surface area (Å²) in [5.41, 5.74) is 1.50. The van der Waals surface area contributed by atoms with Crippen molar-refractivity contribution in [2.45, 2.75) is 50.5 Å². The minimum Gasteiger partial charge on any atom is -0.504 e. The Kier molecular flexibility index (Phi) is 4.25. The van der Waals surface area contributed by atoms with Crippen LogP contribution in [-0.4, -0.2) is 32.3 Å². The second-order valence-electron chi connectivity index (χ2n) is 6.71. The van der Waals surface area contributed by atoms with Crippen LogP contribution in [0.15, 0.2) is 27.6 Å². The lowest BCUT2D eigenvalue weighted by molar-refractivity contribution is 0.367. The molecule has 0 radical (unpaired) electrons. The van der Waals surface area contributed by atoms with E-state index in [2.05, 4.69) is 10.5 Å². The average molecular weight is 359 g/mol. The first-order valence-corrected chi connectivity index (χ1v) is 9.54. The third-order valence-corrected chi connectivity index (χ3v) is 5.65. The van der Waals surface area contributed by atoms with Crippen molar-refractivity contribution < 1.29 is 15.3 Å². The highest BCUT2D eigenvalue weighted by atomic mass is 32.1. The van der Waals surface area contributed by atoms with E-state index in [1.165, 1.54) is 44.0 Å². The summed E-state index contributed by atoms with van der Waals surface area (Å²) in [5, 5.41) is 35.7. The molecule has 25 heavy (non-hydrogen) atoms. The largest absolute Gasteiger partial charge is 0.504 e. The Morgan fingerprint density at radius 1 is 1.04 bits per heavy atom. The molecule has 7 heteroatoms. The zero-order chi connectivity index (χ0) is 17.4. The van der Waals surface area contributed by atoms with Crippen LogP contribution in [0.5, 0.6) is 17.2 Å². The fourth-order valence-electron chi connectivity index (χ4n) is 3.17. The van der Waals surface area contributed by atoms with Crippen LogP contribution in [0.2, 0.25) is 0 Å². The normalized spacial score (nSPS) is 19.3. The molecule has 0 bridgehead atoms. The van der Waals surface area contributed by atoms with E-state index in [1.807, 2.05) is 4.68 Å². The van der Waals surface area contributed by atoms with Gasteiger partial charge in [0.2, 0.25) is 10.6 Å². The maximum atomic E-state index is 9.97. The zero-order valence-electron chi connectivity index (χ0n) is 13.8. The molecule has 0 unspecified atom stereocenters. The molecule has 4 rings (SSSR count). The first-order valence-electron chi connectivity index (χ1n) is 8.66. The van der Waals surface area contributed by atoms with E-state index in [0.29, 0.717) is 17.5 Å². The molecule has 2 fully saturated rings. The molecule has 1 heterocycles. The Morgan fingerprint density at radius 2 is 1.80 bits per heavy atom. The van der Waals surface area contributed by atoms with Crippen molar-refractivity contribution >= 4 is 17.6 Å². The molecule has 2 aliphatic carbocycles. The minimum absolute atomic E-state index is 0.350. The Morgan fingerprint density at radius 3 is 2.52 bits per heavy atom. The number of rotatable bonds is 4. The van der Waals surface area contributed by atoms with Gasteiger partial charge < -0.3 is 15.3 Å². The van der Waals surface area contributed by atoms with Crippen LogP contribution in [0.4, 0.5) is 0 Å². The van der Waals surface area contributed by atoms with Gasteiger partial charge in [0, 0.05) is 16.9 Å². The van der Waals surface area contributed by atoms with Gasteiger partial charge in [-0.25, -0.2) is 4.68 Å². The Hall–Kier alpha value is -2.28. The smallest absolute Gasteiger partial charge is 0.206 e. The Bertz CT molecular complexity index is 874. The molecule has 1 aromatic carbocycles. The summed E-state index contributed by atoms with van der Waals surface area (Å²) in [6.45, 7) is 0. The average Bonchev–Trinajstić information content (AvgIpc) is 3.18. The SMILES string of the molecule is Oc1ccc(/C=N/n2c(C3CC3)cs/c2=N\C2CCCC2)c(O)c1O. The van der Waals surface area contributed by atoms with Gasteiger partial charge in [-0.1, -0.05) is 12.8 Å². The van der Waals surface area contributed by atoms with Gasteiger partial charge >= 0.3 is 0 Å². The fourth-order valence-corrected chi connectivity index (χ4v) is 4.15. The standard InChI is InChI=1S/C18H21N3O3S/c22-15-8-7-12(16(23)17(15)24)9-19-21-14(11-5-6-11)10-25-18(21)20-13-3-1-2-4-13/h7-11,13,22-24H,1-6H2/b19-9+,20-18-. The molecular weight excluding hydrogens is 338 g/mol. The molecule has 0 atom stereocenters. The summed E-state index contributed by atoms with van der Waals surface area (Å²) >= 11 is 1.61. The van der Waals surface area contributed by atoms with Gasteiger partial charge in [-0.05, 0) is 37.8 Å².